The molecule has 9 heteroatoms. The fraction of sp³-hybridized carbons (Fsp3) is 0.385. The maximum Gasteiger partial charge on any atom is 0.261 e. The Balaban J connectivity index is 1.44. The minimum Gasteiger partial charge on any atom is -0.380 e. The van der Waals surface area contributed by atoms with Crippen LogP contribution in [0.5, 0.6) is 0 Å². The standard InChI is InChI=1S/C26H30ClN7O/c1-33(2)18-8-10-34(14-18)17-4-6-21-22(12-17)31-25(30-21)23-24(29-16-7-9-28-13-16)19-11-15(27)3-5-20(19)32-26(23)35/h3-6,11-12,16,18,28H,7-10,13-14H2,1-2H3,(H,30,31)(H2,29,32,35)/t16-,18+/m0/s1. The number of hydrogen-bond acceptors (Lipinski definition) is 6. The van der Waals surface area contributed by atoms with Crippen LogP contribution in [0.1, 0.15) is 12.8 Å². The molecule has 4 heterocycles. The van der Waals surface area contributed by atoms with E-state index in [-0.39, 0.29) is 11.6 Å². The molecule has 2 fully saturated rings. The lowest BCUT2D eigenvalue weighted by molar-refractivity contribution is 0.315. The first-order valence-electron chi connectivity index (χ1n) is 12.2. The van der Waals surface area contributed by atoms with E-state index in [9.17, 15) is 4.79 Å². The minimum atomic E-state index is -0.180. The predicted molar refractivity (Wildman–Crippen MR) is 144 cm³/mol. The van der Waals surface area contributed by atoms with Gasteiger partial charge in [-0.05, 0) is 69.9 Å². The van der Waals surface area contributed by atoms with Gasteiger partial charge in [-0.2, -0.15) is 0 Å². The monoisotopic (exact) mass is 491 g/mol. The molecule has 2 aromatic carbocycles. The molecule has 0 unspecified atom stereocenters. The number of nitrogens with zero attached hydrogens (tertiary/aromatic N) is 3. The summed E-state index contributed by atoms with van der Waals surface area (Å²) in [6, 6.07) is 12.6. The maximum atomic E-state index is 13.3. The summed E-state index contributed by atoms with van der Waals surface area (Å²) in [7, 11) is 4.28. The van der Waals surface area contributed by atoms with Crippen LogP contribution in [-0.4, -0.2) is 72.2 Å². The molecule has 0 amide bonds. The number of H-pyrrole nitrogens is 2. The molecule has 8 nitrogen and oxygen atoms in total. The van der Waals surface area contributed by atoms with Crippen molar-refractivity contribution in [3.63, 3.8) is 0 Å². The summed E-state index contributed by atoms with van der Waals surface area (Å²) in [5.41, 5.74) is 4.79. The molecule has 0 aliphatic carbocycles. The van der Waals surface area contributed by atoms with E-state index in [0.717, 1.165) is 66.6 Å². The van der Waals surface area contributed by atoms with Gasteiger partial charge in [0, 0.05) is 47.8 Å². The van der Waals surface area contributed by atoms with Crippen LogP contribution in [0.4, 0.5) is 11.4 Å². The second kappa shape index (κ2) is 8.86. The first kappa shape index (κ1) is 22.4. The lowest BCUT2D eigenvalue weighted by Crippen LogP contribution is -2.31. The second-order valence-corrected chi connectivity index (χ2v) is 10.3. The zero-order chi connectivity index (χ0) is 24.1. The topological polar surface area (TPSA) is 92.1 Å². The van der Waals surface area contributed by atoms with Crippen molar-refractivity contribution in [2.24, 2.45) is 0 Å². The van der Waals surface area contributed by atoms with Gasteiger partial charge < -0.3 is 30.4 Å². The van der Waals surface area contributed by atoms with Crippen molar-refractivity contribution >= 4 is 44.9 Å². The number of nitrogens with one attached hydrogen (secondary N) is 4. The van der Waals surface area contributed by atoms with E-state index in [0.29, 0.717) is 22.5 Å². The van der Waals surface area contributed by atoms with E-state index in [4.69, 9.17) is 16.6 Å². The first-order valence-corrected chi connectivity index (χ1v) is 12.6. The number of halogens is 1. The summed E-state index contributed by atoms with van der Waals surface area (Å²) >= 11 is 6.36. The molecule has 2 saturated heterocycles. The van der Waals surface area contributed by atoms with Crippen LogP contribution in [0.25, 0.3) is 33.3 Å². The van der Waals surface area contributed by atoms with Gasteiger partial charge in [-0.25, -0.2) is 4.98 Å². The number of aromatic amines is 2. The fourth-order valence-electron chi connectivity index (χ4n) is 5.33. The highest BCUT2D eigenvalue weighted by Crippen LogP contribution is 2.34. The number of hydrogen-bond donors (Lipinski definition) is 4. The van der Waals surface area contributed by atoms with Crippen molar-refractivity contribution < 1.29 is 0 Å². The summed E-state index contributed by atoms with van der Waals surface area (Å²) in [4.78, 5) is 29.3. The van der Waals surface area contributed by atoms with Gasteiger partial charge in [0.2, 0.25) is 0 Å². The van der Waals surface area contributed by atoms with Gasteiger partial charge in [0.05, 0.1) is 22.2 Å². The smallest absolute Gasteiger partial charge is 0.261 e. The molecule has 2 aliphatic heterocycles. The highest BCUT2D eigenvalue weighted by molar-refractivity contribution is 6.31. The number of benzene rings is 2. The Kier molecular flexibility index (Phi) is 5.67. The van der Waals surface area contributed by atoms with E-state index in [1.165, 1.54) is 5.69 Å². The molecule has 4 aromatic rings. The van der Waals surface area contributed by atoms with Crippen LogP contribution in [-0.2, 0) is 0 Å². The number of aromatic nitrogens is 3. The quantitative estimate of drug-likeness (QED) is 0.341. The molecule has 0 radical (unpaired) electrons. The largest absolute Gasteiger partial charge is 0.380 e. The Bertz CT molecular complexity index is 1450. The van der Waals surface area contributed by atoms with Gasteiger partial charge in [-0.3, -0.25) is 4.79 Å². The van der Waals surface area contributed by atoms with E-state index >= 15 is 0 Å². The van der Waals surface area contributed by atoms with E-state index in [1.54, 1.807) is 6.07 Å². The Morgan fingerprint density at radius 1 is 1.11 bits per heavy atom. The number of imidazole rings is 1. The average molecular weight is 492 g/mol. The van der Waals surface area contributed by atoms with Crippen molar-refractivity contribution in [2.75, 3.05) is 50.5 Å². The molecule has 182 valence electrons. The van der Waals surface area contributed by atoms with Crippen LogP contribution in [0.3, 0.4) is 0 Å². The fourth-order valence-corrected chi connectivity index (χ4v) is 5.51. The predicted octanol–water partition coefficient (Wildman–Crippen LogP) is 3.64. The van der Waals surface area contributed by atoms with E-state index in [1.807, 2.05) is 18.2 Å². The zero-order valence-electron chi connectivity index (χ0n) is 20.0. The number of likely N-dealkylation sites (N-methyl/N-ethyl adjacent to an activating group) is 1. The maximum absolute atomic E-state index is 13.3. The summed E-state index contributed by atoms with van der Waals surface area (Å²) in [5.74, 6) is 0.557. The summed E-state index contributed by atoms with van der Waals surface area (Å²) in [6.07, 6.45) is 2.14. The number of pyridine rings is 1. The first-order chi connectivity index (χ1) is 17.0. The number of fused-ring (bicyclic) bond motifs is 2. The van der Waals surface area contributed by atoms with Gasteiger partial charge in [-0.1, -0.05) is 11.6 Å². The second-order valence-electron chi connectivity index (χ2n) is 9.87. The van der Waals surface area contributed by atoms with Crippen LogP contribution in [0.2, 0.25) is 5.02 Å². The lowest BCUT2D eigenvalue weighted by Gasteiger charge is -2.21. The molecule has 4 N–H and O–H groups in total. The Morgan fingerprint density at radius 2 is 2.00 bits per heavy atom. The highest BCUT2D eigenvalue weighted by atomic mass is 35.5. The molecule has 0 spiro atoms. The Labute approximate surface area is 208 Å². The zero-order valence-corrected chi connectivity index (χ0v) is 20.7. The lowest BCUT2D eigenvalue weighted by atomic mass is 10.1. The molecular formula is C26H30ClN7O. The molecule has 2 aromatic heterocycles. The third-order valence-corrected chi connectivity index (χ3v) is 7.58. The van der Waals surface area contributed by atoms with Crippen LogP contribution in [0.15, 0.2) is 41.2 Å². The van der Waals surface area contributed by atoms with Crippen molar-refractivity contribution in [1.82, 2.24) is 25.2 Å². The summed E-state index contributed by atoms with van der Waals surface area (Å²) in [5, 5.41) is 8.51. The third-order valence-electron chi connectivity index (χ3n) is 7.35. The summed E-state index contributed by atoms with van der Waals surface area (Å²) < 4.78 is 0. The van der Waals surface area contributed by atoms with Crippen LogP contribution < -0.4 is 21.1 Å². The molecule has 0 bridgehead atoms. The molecule has 35 heavy (non-hydrogen) atoms. The molecule has 0 saturated carbocycles. The average Bonchev–Trinajstić information content (AvgIpc) is 3.59. The Hall–Kier alpha value is -3.07. The van der Waals surface area contributed by atoms with Gasteiger partial charge in [-0.15, -0.1) is 0 Å². The van der Waals surface area contributed by atoms with Crippen molar-refractivity contribution in [3.8, 4) is 11.4 Å². The van der Waals surface area contributed by atoms with Gasteiger partial charge in [0.15, 0.2) is 0 Å². The minimum absolute atomic E-state index is 0.180. The van der Waals surface area contributed by atoms with Crippen molar-refractivity contribution in [2.45, 2.75) is 24.9 Å². The van der Waals surface area contributed by atoms with Crippen molar-refractivity contribution in [1.29, 1.82) is 0 Å². The van der Waals surface area contributed by atoms with E-state index < -0.39 is 0 Å². The number of rotatable bonds is 5. The van der Waals surface area contributed by atoms with Crippen molar-refractivity contribution in [3.05, 3.63) is 51.8 Å². The number of anilines is 2. The van der Waals surface area contributed by atoms with Crippen LogP contribution in [0, 0.1) is 0 Å². The SMILES string of the molecule is CN(C)[C@@H]1CCN(c2ccc3nc(-c4c(N[C@H]5CCNC5)c5cc(Cl)ccc5[nH]c4=O)[nH]c3c2)C1. The Morgan fingerprint density at radius 3 is 2.77 bits per heavy atom. The van der Waals surface area contributed by atoms with Gasteiger partial charge in [0.1, 0.15) is 11.4 Å². The van der Waals surface area contributed by atoms with Crippen LogP contribution >= 0.6 is 11.6 Å². The van der Waals surface area contributed by atoms with Gasteiger partial charge in [0.25, 0.3) is 5.56 Å². The molecule has 6 rings (SSSR count). The summed E-state index contributed by atoms with van der Waals surface area (Å²) in [6.45, 7) is 3.84. The van der Waals surface area contributed by atoms with E-state index in [2.05, 4.69) is 56.6 Å². The van der Waals surface area contributed by atoms with Gasteiger partial charge >= 0.3 is 0 Å². The molecular weight excluding hydrogens is 462 g/mol. The normalized spacial score (nSPS) is 20.5. The molecule has 2 aliphatic rings. The third kappa shape index (κ3) is 4.16. The molecule has 2 atom stereocenters. The highest BCUT2D eigenvalue weighted by Gasteiger charge is 2.25.